The third-order valence-electron chi connectivity index (χ3n) is 9.42. The second kappa shape index (κ2) is 13.0. The van der Waals surface area contributed by atoms with Gasteiger partial charge in [0.05, 0.1) is 46.7 Å². The summed E-state index contributed by atoms with van der Waals surface area (Å²) in [4.78, 5) is 14.7. The summed E-state index contributed by atoms with van der Waals surface area (Å²) in [5.74, 6) is -0.0447. The summed E-state index contributed by atoms with van der Waals surface area (Å²) in [5.41, 5.74) is -0.249. The van der Waals surface area contributed by atoms with Crippen LogP contribution in [-0.2, 0) is 0 Å². The van der Waals surface area contributed by atoms with Gasteiger partial charge in [-0.25, -0.2) is 4.98 Å². The summed E-state index contributed by atoms with van der Waals surface area (Å²) in [6.07, 6.45) is 0. The number of rotatable bonds is 6. The molecule has 262 valence electrons. The molecule has 11 aromatic rings. The quantitative estimate of drug-likeness (QED) is 0.171. The minimum atomic E-state index is -0.794. The Morgan fingerprint density at radius 3 is 1.66 bits per heavy atom. The van der Waals surface area contributed by atoms with Crippen LogP contribution in [0.4, 0.5) is 0 Å². The van der Waals surface area contributed by atoms with Crippen molar-refractivity contribution in [1.29, 1.82) is 0 Å². The molecule has 11 rings (SSSR count). The Morgan fingerprint density at radius 1 is 0.357 bits per heavy atom. The maximum absolute atomic E-state index is 10.4. The molecule has 3 heterocycles. The molecule has 5 nitrogen and oxygen atoms in total. The summed E-state index contributed by atoms with van der Waals surface area (Å²) in [6.45, 7) is 0. The van der Waals surface area contributed by atoms with Gasteiger partial charge in [-0.3, -0.25) is 4.57 Å². The average molecular weight is 734 g/mol. The monoisotopic (exact) mass is 733 g/mol. The van der Waals surface area contributed by atoms with E-state index in [1.807, 2.05) is 48.5 Å². The Bertz CT molecular complexity index is 4260. The maximum Gasteiger partial charge on any atom is 0.238 e. The predicted octanol–water partition coefficient (Wildman–Crippen LogP) is 12.7. The molecule has 0 aliphatic rings. The van der Waals surface area contributed by atoms with Gasteiger partial charge in [0.15, 0.2) is 11.6 Å². The smallest absolute Gasteiger partial charge is 0.238 e. The molecule has 56 heavy (non-hydrogen) atoms. The molecule has 0 aliphatic heterocycles. The minimum Gasteiger partial charge on any atom is -0.309 e. The lowest BCUT2D eigenvalue weighted by atomic mass is 10.0. The van der Waals surface area contributed by atoms with Gasteiger partial charge in [0.25, 0.3) is 0 Å². The summed E-state index contributed by atoms with van der Waals surface area (Å²) in [5, 5.41) is -1.16. The zero-order valence-electron chi connectivity index (χ0n) is 46.9. The number of aromatic nitrogens is 5. The van der Waals surface area contributed by atoms with Crippen LogP contribution in [0.1, 0.15) is 24.7 Å². The van der Waals surface area contributed by atoms with Gasteiger partial charge >= 0.3 is 0 Å². The molecule has 0 atom stereocenters. The normalized spacial score (nSPS) is 16.1. The highest BCUT2D eigenvalue weighted by Crippen LogP contribution is 2.40. The molecule has 0 fully saturated rings. The first-order valence-electron chi connectivity index (χ1n) is 26.4. The third-order valence-corrected chi connectivity index (χ3v) is 9.42. The Morgan fingerprint density at radius 2 is 0.929 bits per heavy atom. The van der Waals surface area contributed by atoms with E-state index in [-0.39, 0.29) is 55.7 Å². The van der Waals surface area contributed by atoms with E-state index in [4.69, 9.17) is 30.0 Å². The van der Waals surface area contributed by atoms with Crippen LogP contribution >= 0.6 is 0 Å². The van der Waals surface area contributed by atoms with E-state index in [0.29, 0.717) is 11.1 Å². The number of para-hydroxylation sites is 2. The van der Waals surface area contributed by atoms with Gasteiger partial charge in [-0.05, 0) is 64.6 Å². The van der Waals surface area contributed by atoms with Crippen molar-refractivity contribution in [3.05, 3.63) is 200 Å². The van der Waals surface area contributed by atoms with Gasteiger partial charge in [0.2, 0.25) is 5.95 Å². The maximum atomic E-state index is 10.4. The first kappa shape index (κ1) is 18.6. The SMILES string of the molecule is [2H]c1cc(-n2c3c([2H])c([2H])c([2H])c([2H])c3c3c([2H])c4c5c([2H])c([2H])c([2H])c([2H])c5n(-c5nc(-c6ccccc6)nc(-c6cccc(-c7ccccc7)c6)n5)c4c([2H])c32)c([2H])c(-c2c([2H])c([2H])c([2H])c([2H])c2[2H])c1[2H]. The molecule has 3 aromatic heterocycles. The molecule has 0 radical (unpaired) electrons. The van der Waals surface area contributed by atoms with Gasteiger partial charge in [-0.2, -0.15) is 9.97 Å². The van der Waals surface area contributed by atoms with Crippen LogP contribution < -0.4 is 0 Å². The van der Waals surface area contributed by atoms with Crippen molar-refractivity contribution in [2.24, 2.45) is 0 Å². The zero-order valence-corrected chi connectivity index (χ0v) is 28.9. The number of hydrogen-bond donors (Lipinski definition) is 0. The van der Waals surface area contributed by atoms with Crippen molar-refractivity contribution in [3.8, 4) is 56.7 Å². The molecule has 0 spiro atoms. The second-order valence-electron chi connectivity index (χ2n) is 12.7. The van der Waals surface area contributed by atoms with E-state index >= 15 is 0 Å². The van der Waals surface area contributed by atoms with Crippen LogP contribution in [0.2, 0.25) is 0 Å². The highest BCUT2D eigenvalue weighted by Gasteiger charge is 2.21. The molecular weight excluding hydrogens is 683 g/mol. The first-order valence-corrected chi connectivity index (χ1v) is 17.4. The van der Waals surface area contributed by atoms with E-state index in [1.54, 1.807) is 36.4 Å². The molecular formula is C51H33N5. The van der Waals surface area contributed by atoms with Gasteiger partial charge in [-0.1, -0.05) is 157 Å². The van der Waals surface area contributed by atoms with Crippen molar-refractivity contribution in [2.75, 3.05) is 0 Å². The van der Waals surface area contributed by atoms with Crippen molar-refractivity contribution in [1.82, 2.24) is 24.1 Å². The van der Waals surface area contributed by atoms with E-state index in [9.17, 15) is 9.60 Å². The Balaban J connectivity index is 1.36. The molecule has 8 aromatic carbocycles. The number of benzene rings is 8. The number of nitrogens with zero attached hydrogens (tertiary/aromatic N) is 5. The minimum absolute atomic E-state index is 0.108. The largest absolute Gasteiger partial charge is 0.309 e. The lowest BCUT2D eigenvalue weighted by Crippen LogP contribution is -2.06. The van der Waals surface area contributed by atoms with E-state index in [2.05, 4.69) is 0 Å². The number of hydrogen-bond acceptors (Lipinski definition) is 3. The molecule has 0 saturated heterocycles. The molecule has 0 unspecified atom stereocenters. The van der Waals surface area contributed by atoms with Gasteiger partial charge in [-0.15, -0.1) is 0 Å². The topological polar surface area (TPSA) is 48.5 Å². The molecule has 0 N–H and O–H groups in total. The van der Waals surface area contributed by atoms with Crippen molar-refractivity contribution in [2.45, 2.75) is 0 Å². The predicted molar refractivity (Wildman–Crippen MR) is 230 cm³/mol. The second-order valence-corrected chi connectivity index (χ2v) is 12.7. The van der Waals surface area contributed by atoms with E-state index in [1.165, 1.54) is 4.57 Å². The highest BCUT2D eigenvalue weighted by molar-refractivity contribution is 6.19. The standard InChI is InChI=1S/C51H33N5/c1-4-16-34(17-5-1)37-22-14-24-39(30-37)50-52-49(36-20-8-3-9-21-36)53-51(54-50)56-46-29-13-11-27-42(46)44-32-43-41-26-10-12-28-45(41)55(47(43)33-48(44)56)40-25-15-23-38(31-40)35-18-6-2-7-19-35/h1-33H/i2D,6D,7D,10D,11D,12D,13D,15D,18D,19D,23D,26D,27D,28D,29D,31D,32D,33D. The van der Waals surface area contributed by atoms with Gasteiger partial charge in [0, 0.05) is 38.4 Å². The Labute approximate surface area is 348 Å². The fourth-order valence-electron chi connectivity index (χ4n) is 6.92. The number of fused-ring (bicyclic) bond motifs is 6. The average Bonchev–Trinajstić information content (AvgIpc) is 4.02. The molecule has 0 bridgehead atoms. The van der Waals surface area contributed by atoms with Crippen LogP contribution in [0.25, 0.3) is 100 Å². The fraction of sp³-hybridized carbons (Fsp3) is 0. The van der Waals surface area contributed by atoms with Crippen molar-refractivity contribution < 1.29 is 24.7 Å². The first-order chi connectivity index (χ1) is 35.3. The molecule has 0 aliphatic carbocycles. The fourth-order valence-corrected chi connectivity index (χ4v) is 6.92. The molecule has 0 saturated carbocycles. The van der Waals surface area contributed by atoms with Crippen molar-refractivity contribution in [3.63, 3.8) is 0 Å². The van der Waals surface area contributed by atoms with Crippen LogP contribution in [0.3, 0.4) is 0 Å². The molecule has 0 amide bonds. The van der Waals surface area contributed by atoms with Gasteiger partial charge < -0.3 is 4.57 Å². The summed E-state index contributed by atoms with van der Waals surface area (Å²) >= 11 is 0. The zero-order chi connectivity index (χ0) is 52.7. The van der Waals surface area contributed by atoms with Crippen molar-refractivity contribution >= 4 is 43.6 Å². The Hall–Kier alpha value is -7.63. The summed E-state index contributed by atoms with van der Waals surface area (Å²) in [6, 6.07) is 14.0. The highest BCUT2D eigenvalue weighted by atomic mass is 15.2. The van der Waals surface area contributed by atoms with E-state index < -0.39 is 131 Å². The molecule has 5 heteroatoms. The summed E-state index contributed by atoms with van der Waals surface area (Å²) < 4.78 is 166. The van der Waals surface area contributed by atoms with Gasteiger partial charge in [0.1, 0.15) is 0 Å². The lowest BCUT2D eigenvalue weighted by Gasteiger charge is -2.12. The van der Waals surface area contributed by atoms with Crippen LogP contribution in [-0.4, -0.2) is 24.1 Å². The van der Waals surface area contributed by atoms with Crippen LogP contribution in [0.5, 0.6) is 0 Å². The van der Waals surface area contributed by atoms with Crippen LogP contribution in [0, 0.1) is 0 Å². The van der Waals surface area contributed by atoms with E-state index in [0.717, 1.165) is 21.8 Å². The lowest BCUT2D eigenvalue weighted by molar-refractivity contribution is 0.953. The summed E-state index contributed by atoms with van der Waals surface area (Å²) in [7, 11) is 0. The van der Waals surface area contributed by atoms with Crippen LogP contribution in [0.15, 0.2) is 200 Å². The Kier molecular flexibility index (Phi) is 4.33. The third kappa shape index (κ3) is 5.29.